The third-order valence-corrected chi connectivity index (χ3v) is 11.0. The van der Waals surface area contributed by atoms with Gasteiger partial charge >= 0.3 is 5.97 Å². The first-order chi connectivity index (χ1) is 23.5. The molecule has 4 bridgehead atoms. The second-order valence-electron chi connectivity index (χ2n) is 14.7. The van der Waals surface area contributed by atoms with Crippen molar-refractivity contribution in [2.45, 2.75) is 87.9 Å². The van der Waals surface area contributed by atoms with Gasteiger partial charge in [0.15, 0.2) is 0 Å². The van der Waals surface area contributed by atoms with Crippen LogP contribution < -0.4 is 21.7 Å². The molecule has 4 aliphatic carbocycles. The number of phenols is 1. The molecule has 6 N–H and O–H groups in total. The Bertz CT molecular complexity index is 1550. The summed E-state index contributed by atoms with van der Waals surface area (Å²) in [6, 6.07) is 13.3. The second-order valence-corrected chi connectivity index (χ2v) is 14.7. The van der Waals surface area contributed by atoms with E-state index in [0.717, 1.165) is 43.2 Å². The Balaban J connectivity index is 1.08. The van der Waals surface area contributed by atoms with Gasteiger partial charge in [0.05, 0.1) is 25.1 Å². The summed E-state index contributed by atoms with van der Waals surface area (Å²) in [5.41, 5.74) is 6.76. The van der Waals surface area contributed by atoms with Crippen LogP contribution in [0.25, 0.3) is 0 Å². The van der Waals surface area contributed by atoms with Gasteiger partial charge in [-0.15, -0.1) is 0 Å². The summed E-state index contributed by atoms with van der Waals surface area (Å²) in [5, 5.41) is 18.3. The predicted molar refractivity (Wildman–Crippen MR) is 180 cm³/mol. The van der Waals surface area contributed by atoms with Gasteiger partial charge in [-0.05, 0) is 92.9 Å². The van der Waals surface area contributed by atoms with Gasteiger partial charge in [0, 0.05) is 18.5 Å². The van der Waals surface area contributed by atoms with Crippen LogP contribution in [0.4, 0.5) is 0 Å². The fourth-order valence-corrected chi connectivity index (χ4v) is 9.29. The van der Waals surface area contributed by atoms with Crippen LogP contribution in [0.1, 0.15) is 62.5 Å². The van der Waals surface area contributed by atoms with Crippen LogP contribution in [0.2, 0.25) is 0 Å². The average molecular weight is 674 g/mol. The molecule has 1 aliphatic heterocycles. The van der Waals surface area contributed by atoms with Crippen molar-refractivity contribution in [3.63, 3.8) is 0 Å². The van der Waals surface area contributed by atoms with E-state index in [1.54, 1.807) is 12.1 Å². The number of rotatable bonds is 12. The first-order valence-corrected chi connectivity index (χ1v) is 17.3. The summed E-state index contributed by atoms with van der Waals surface area (Å²) in [7, 11) is 1.42. The van der Waals surface area contributed by atoms with Gasteiger partial charge in [-0.25, -0.2) is 0 Å². The summed E-state index contributed by atoms with van der Waals surface area (Å²) in [6.07, 6.45) is 6.32. The molecule has 2 aromatic rings. The van der Waals surface area contributed by atoms with E-state index in [-0.39, 0.29) is 42.9 Å². The number of carbonyl (C=O) groups is 5. The molecular weight excluding hydrogens is 626 g/mol. The van der Waals surface area contributed by atoms with Crippen LogP contribution in [0.3, 0.4) is 0 Å². The van der Waals surface area contributed by atoms with Gasteiger partial charge in [0.25, 0.3) is 0 Å². The summed E-state index contributed by atoms with van der Waals surface area (Å²) < 4.78 is 5.23. The number of nitrogens with zero attached hydrogens (tertiary/aromatic N) is 1. The smallest absolute Gasteiger partial charge is 0.311 e. The largest absolute Gasteiger partial charge is 0.508 e. The molecule has 2 aromatic carbocycles. The van der Waals surface area contributed by atoms with Crippen molar-refractivity contribution in [2.75, 3.05) is 20.2 Å². The highest BCUT2D eigenvalue weighted by Crippen LogP contribution is 2.62. The standard InChI is InChI=1S/C37H47N5O7/c1-49-35(48)36-17-25-14-26(18-36)20-37(19-25,22-36)41-32(45)29(16-23-6-3-2-4-7-23)40-31(44)21-39-33(46)30-8-5-13-42(30)34(47)28(38)15-24-9-11-27(43)12-10-24/h2-4,6-7,9-12,25-26,28-30,43H,5,8,13-22,38H2,1H3,(H,39,46)(H,40,44)(H,41,45)/t25?,26?,28-,29-,30-,36?,37?/m0/s1. The Hall–Kier alpha value is -4.45. The Labute approximate surface area is 286 Å². The molecule has 5 atom stereocenters. The quantitative estimate of drug-likeness (QED) is 0.211. The molecule has 1 heterocycles. The van der Waals surface area contributed by atoms with Gasteiger partial charge in [0.1, 0.15) is 17.8 Å². The molecule has 262 valence electrons. The number of phenolic OH excluding ortho intramolecular Hbond substituents is 1. The van der Waals surface area contributed by atoms with E-state index in [2.05, 4.69) is 16.0 Å². The number of hydrogen-bond acceptors (Lipinski definition) is 8. The van der Waals surface area contributed by atoms with Gasteiger partial charge in [0.2, 0.25) is 23.6 Å². The molecular formula is C37H47N5O7. The first-order valence-electron chi connectivity index (χ1n) is 17.3. The lowest BCUT2D eigenvalue weighted by molar-refractivity contribution is -0.173. The van der Waals surface area contributed by atoms with E-state index in [1.165, 1.54) is 24.1 Å². The van der Waals surface area contributed by atoms with E-state index in [9.17, 15) is 29.1 Å². The zero-order chi connectivity index (χ0) is 34.8. The highest BCUT2D eigenvalue weighted by Gasteiger charge is 2.61. The maximum absolute atomic E-state index is 14.0. The number of nitrogens with two attached hydrogens (primary N) is 1. The van der Waals surface area contributed by atoms with Crippen LogP contribution in [-0.2, 0) is 41.6 Å². The minimum atomic E-state index is -0.906. The van der Waals surface area contributed by atoms with Crippen LogP contribution in [0, 0.1) is 17.3 Å². The van der Waals surface area contributed by atoms with Crippen LogP contribution in [0.15, 0.2) is 54.6 Å². The van der Waals surface area contributed by atoms with Gasteiger partial charge in [-0.1, -0.05) is 42.5 Å². The van der Waals surface area contributed by atoms with Crippen LogP contribution in [-0.4, -0.2) is 83.5 Å². The van der Waals surface area contributed by atoms with E-state index < -0.39 is 40.9 Å². The summed E-state index contributed by atoms with van der Waals surface area (Å²) in [6.45, 7) is 0.0165. The monoisotopic (exact) mass is 673 g/mol. The molecule has 4 amide bonds. The Morgan fingerprint density at radius 2 is 1.63 bits per heavy atom. The first kappa shape index (κ1) is 34.4. The molecule has 12 nitrogen and oxygen atoms in total. The fraction of sp³-hybridized carbons (Fsp3) is 0.541. The van der Waals surface area contributed by atoms with Crippen LogP contribution >= 0.6 is 0 Å². The SMILES string of the molecule is COC(=O)C12CC3CC(CC(NC(=O)[C@H](Cc4ccccc4)NC(=O)CNC(=O)[C@@H]4CCCN4C(=O)[C@@H](N)Cc4ccc(O)cc4)(C3)C1)C2. The molecule has 0 radical (unpaired) electrons. The number of benzene rings is 2. The third kappa shape index (κ3) is 7.59. The molecule has 1 saturated heterocycles. The number of aromatic hydroxyl groups is 1. The number of esters is 1. The second kappa shape index (κ2) is 14.2. The van der Waals surface area contributed by atoms with Crippen molar-refractivity contribution >= 4 is 29.6 Å². The lowest BCUT2D eigenvalue weighted by Gasteiger charge is -2.60. The molecule has 2 unspecified atom stereocenters. The third-order valence-electron chi connectivity index (χ3n) is 11.0. The molecule has 7 rings (SSSR count). The molecule has 12 heteroatoms. The summed E-state index contributed by atoms with van der Waals surface area (Å²) in [5.74, 6) is -1.07. The van der Waals surface area contributed by atoms with Crippen LogP contribution in [0.5, 0.6) is 5.75 Å². The van der Waals surface area contributed by atoms with Crippen molar-refractivity contribution in [3.05, 3.63) is 65.7 Å². The zero-order valence-corrected chi connectivity index (χ0v) is 28.0. The van der Waals surface area contributed by atoms with Crippen molar-refractivity contribution in [1.82, 2.24) is 20.9 Å². The lowest BCUT2D eigenvalue weighted by atomic mass is 9.47. The zero-order valence-electron chi connectivity index (χ0n) is 28.0. The molecule has 0 spiro atoms. The fourth-order valence-electron chi connectivity index (χ4n) is 9.29. The minimum absolute atomic E-state index is 0.118. The Morgan fingerprint density at radius 3 is 2.31 bits per heavy atom. The van der Waals surface area contributed by atoms with E-state index >= 15 is 0 Å². The van der Waals surface area contributed by atoms with Crippen molar-refractivity contribution < 1.29 is 33.8 Å². The van der Waals surface area contributed by atoms with Crippen molar-refractivity contribution in [3.8, 4) is 5.75 Å². The molecule has 5 fully saturated rings. The van der Waals surface area contributed by atoms with Crippen molar-refractivity contribution in [1.29, 1.82) is 0 Å². The number of nitrogens with one attached hydrogen (secondary N) is 3. The highest BCUT2D eigenvalue weighted by molar-refractivity contribution is 5.94. The van der Waals surface area contributed by atoms with Gasteiger partial charge in [-0.2, -0.15) is 0 Å². The Morgan fingerprint density at radius 1 is 0.959 bits per heavy atom. The predicted octanol–water partition coefficient (Wildman–Crippen LogP) is 1.72. The minimum Gasteiger partial charge on any atom is -0.508 e. The van der Waals surface area contributed by atoms with E-state index in [0.29, 0.717) is 37.6 Å². The number of likely N-dealkylation sites (tertiary alicyclic amines) is 1. The number of methoxy groups -OCH3 is 1. The van der Waals surface area contributed by atoms with Gasteiger partial charge in [-0.3, -0.25) is 24.0 Å². The van der Waals surface area contributed by atoms with Gasteiger partial charge < -0.3 is 36.4 Å². The maximum atomic E-state index is 14.0. The molecule has 4 saturated carbocycles. The summed E-state index contributed by atoms with van der Waals surface area (Å²) in [4.78, 5) is 68.2. The normalized spacial score (nSPS) is 28.0. The molecule has 49 heavy (non-hydrogen) atoms. The molecule has 0 aromatic heterocycles. The number of hydrogen-bond donors (Lipinski definition) is 5. The lowest BCUT2D eigenvalue weighted by Crippen LogP contribution is -2.66. The molecule has 5 aliphatic rings. The van der Waals surface area contributed by atoms with E-state index in [4.69, 9.17) is 10.5 Å². The van der Waals surface area contributed by atoms with E-state index in [1.807, 2.05) is 30.3 Å². The Kier molecular flexibility index (Phi) is 9.96. The number of amides is 4. The highest BCUT2D eigenvalue weighted by atomic mass is 16.5. The number of ether oxygens (including phenoxy) is 1. The number of carbonyl (C=O) groups excluding carboxylic acids is 5. The summed E-state index contributed by atoms with van der Waals surface area (Å²) >= 11 is 0. The maximum Gasteiger partial charge on any atom is 0.311 e. The topological polar surface area (TPSA) is 180 Å². The average Bonchev–Trinajstić information content (AvgIpc) is 3.57. The van der Waals surface area contributed by atoms with Crippen molar-refractivity contribution in [2.24, 2.45) is 23.0 Å².